The van der Waals surface area contributed by atoms with Crippen LogP contribution in [0.5, 0.6) is 5.75 Å². The number of aliphatic hydroxyl groups is 1. The Kier molecular flexibility index (Phi) is 4.96. The van der Waals surface area contributed by atoms with Crippen molar-refractivity contribution < 1.29 is 27.9 Å². The van der Waals surface area contributed by atoms with Gasteiger partial charge in [-0.05, 0) is 6.07 Å². The van der Waals surface area contributed by atoms with E-state index in [2.05, 4.69) is 0 Å². The summed E-state index contributed by atoms with van der Waals surface area (Å²) in [7, 11) is 0. The number of hydrogen-bond acceptors (Lipinski definition) is 4. The molecular weight excluding hydrogens is 291 g/mol. The second-order valence-corrected chi connectivity index (χ2v) is 4.06. The molecule has 1 aromatic rings. The number of hydrogen-bond donors (Lipinski definition) is 1. The lowest BCUT2D eigenvalue weighted by Crippen LogP contribution is -2.25. The fraction of sp³-hybridized carbons (Fsp3) is 0.400. The molecule has 0 aliphatic heterocycles. The lowest BCUT2D eigenvalue weighted by Gasteiger charge is -2.14. The Morgan fingerprint density at radius 1 is 1.47 bits per heavy atom. The van der Waals surface area contributed by atoms with Crippen LogP contribution < -0.4 is 4.74 Å². The number of aliphatic hydroxyl groups excluding tert-OH is 1. The first-order valence-electron chi connectivity index (χ1n) is 5.00. The van der Waals surface area contributed by atoms with Crippen molar-refractivity contribution in [1.82, 2.24) is 0 Å². The molecule has 0 heterocycles. The Morgan fingerprint density at radius 2 is 2.11 bits per heavy atom. The molecule has 9 heteroatoms. The number of halogens is 4. The van der Waals surface area contributed by atoms with Crippen molar-refractivity contribution in [2.75, 3.05) is 6.61 Å². The van der Waals surface area contributed by atoms with Crippen LogP contribution in [0.1, 0.15) is 6.42 Å². The van der Waals surface area contributed by atoms with Gasteiger partial charge in [-0.1, -0.05) is 11.6 Å². The van der Waals surface area contributed by atoms with E-state index >= 15 is 0 Å². The van der Waals surface area contributed by atoms with Crippen LogP contribution in [0.2, 0.25) is 5.02 Å². The molecule has 1 aromatic carbocycles. The van der Waals surface area contributed by atoms with Crippen LogP contribution >= 0.6 is 11.6 Å². The number of nitro benzene ring substituents is 1. The second kappa shape index (κ2) is 6.07. The minimum Gasteiger partial charge on any atom is -0.491 e. The van der Waals surface area contributed by atoms with Crippen LogP contribution in [0.3, 0.4) is 0 Å². The largest absolute Gasteiger partial charge is 0.491 e. The van der Waals surface area contributed by atoms with Gasteiger partial charge in [0.15, 0.2) is 0 Å². The summed E-state index contributed by atoms with van der Waals surface area (Å²) < 4.78 is 40.7. The molecule has 1 N–H and O–H groups in total. The van der Waals surface area contributed by atoms with E-state index in [0.717, 1.165) is 12.1 Å². The topological polar surface area (TPSA) is 72.6 Å². The summed E-state index contributed by atoms with van der Waals surface area (Å²) in [5.74, 6) is 0.0387. The number of nitrogens with zero attached hydrogens (tertiary/aromatic N) is 1. The van der Waals surface area contributed by atoms with Crippen molar-refractivity contribution in [2.24, 2.45) is 0 Å². The molecule has 0 saturated carbocycles. The molecule has 1 unspecified atom stereocenters. The van der Waals surface area contributed by atoms with E-state index in [1.165, 1.54) is 6.07 Å². The average Bonchev–Trinajstić information content (AvgIpc) is 2.23. The lowest BCUT2D eigenvalue weighted by molar-refractivity contribution is -0.384. The van der Waals surface area contributed by atoms with Gasteiger partial charge in [0.2, 0.25) is 0 Å². The Bertz CT molecular complexity index is 467. The molecule has 19 heavy (non-hydrogen) atoms. The molecule has 0 radical (unpaired) electrons. The first-order valence-corrected chi connectivity index (χ1v) is 5.38. The summed E-state index contributed by atoms with van der Waals surface area (Å²) in [5.41, 5.74) is -0.343. The van der Waals surface area contributed by atoms with Gasteiger partial charge in [-0.2, -0.15) is 13.2 Å². The third-order valence-electron chi connectivity index (χ3n) is 2.03. The van der Waals surface area contributed by atoms with Gasteiger partial charge in [0.25, 0.3) is 5.69 Å². The van der Waals surface area contributed by atoms with E-state index in [1.54, 1.807) is 0 Å². The van der Waals surface area contributed by atoms with Crippen LogP contribution in [0.15, 0.2) is 18.2 Å². The first-order chi connectivity index (χ1) is 8.69. The van der Waals surface area contributed by atoms with Crippen LogP contribution in [-0.4, -0.2) is 28.9 Å². The maximum Gasteiger partial charge on any atom is 0.391 e. The summed E-state index contributed by atoms with van der Waals surface area (Å²) >= 11 is 5.58. The van der Waals surface area contributed by atoms with Crippen molar-refractivity contribution in [3.05, 3.63) is 33.3 Å². The van der Waals surface area contributed by atoms with Crippen LogP contribution in [0, 0.1) is 10.1 Å². The molecule has 0 aromatic heterocycles. The lowest BCUT2D eigenvalue weighted by atomic mass is 10.2. The minimum absolute atomic E-state index is 0.0387. The molecule has 106 valence electrons. The Hall–Kier alpha value is -1.54. The summed E-state index contributed by atoms with van der Waals surface area (Å²) in [6.07, 6.45) is -7.60. The zero-order valence-electron chi connectivity index (χ0n) is 9.35. The minimum atomic E-state index is -4.49. The fourth-order valence-electron chi connectivity index (χ4n) is 1.24. The van der Waals surface area contributed by atoms with Gasteiger partial charge >= 0.3 is 6.18 Å². The molecule has 0 aliphatic rings. The Labute approximate surface area is 110 Å². The van der Waals surface area contributed by atoms with E-state index in [4.69, 9.17) is 21.4 Å². The van der Waals surface area contributed by atoms with Gasteiger partial charge in [-0.25, -0.2) is 0 Å². The smallest absolute Gasteiger partial charge is 0.391 e. The second-order valence-electron chi connectivity index (χ2n) is 3.65. The summed E-state index contributed by atoms with van der Waals surface area (Å²) in [5, 5.41) is 19.3. The summed E-state index contributed by atoms with van der Waals surface area (Å²) in [6, 6.07) is 3.35. The Morgan fingerprint density at radius 3 is 2.58 bits per heavy atom. The van der Waals surface area contributed by atoms with Crippen LogP contribution in [0.4, 0.5) is 18.9 Å². The molecule has 1 rings (SSSR count). The Balaban J connectivity index is 2.59. The third kappa shape index (κ3) is 5.31. The highest BCUT2D eigenvalue weighted by Gasteiger charge is 2.31. The monoisotopic (exact) mass is 299 g/mol. The highest BCUT2D eigenvalue weighted by Crippen LogP contribution is 2.28. The maximum absolute atomic E-state index is 11.9. The molecular formula is C10H9ClF3NO4. The van der Waals surface area contributed by atoms with Gasteiger partial charge in [0.1, 0.15) is 17.4 Å². The van der Waals surface area contributed by atoms with Crippen molar-refractivity contribution in [1.29, 1.82) is 0 Å². The molecule has 0 spiro atoms. The number of nitro groups is 1. The fourth-order valence-corrected chi connectivity index (χ4v) is 1.48. The van der Waals surface area contributed by atoms with Crippen LogP contribution in [0.25, 0.3) is 0 Å². The van der Waals surface area contributed by atoms with Gasteiger partial charge in [0, 0.05) is 12.1 Å². The number of alkyl halides is 3. The summed E-state index contributed by atoms with van der Waals surface area (Å²) in [4.78, 5) is 9.77. The summed E-state index contributed by atoms with van der Waals surface area (Å²) in [6.45, 7) is -0.590. The zero-order valence-corrected chi connectivity index (χ0v) is 10.1. The molecule has 0 amide bonds. The van der Waals surface area contributed by atoms with Crippen LogP contribution in [-0.2, 0) is 0 Å². The maximum atomic E-state index is 11.9. The molecule has 1 atom stereocenters. The van der Waals surface area contributed by atoms with Crippen molar-refractivity contribution >= 4 is 17.3 Å². The SMILES string of the molecule is O=[N+]([O-])c1ccc(OCC(O)CC(F)(F)F)cc1Cl. The van der Waals surface area contributed by atoms with Gasteiger partial charge in [-0.15, -0.1) is 0 Å². The van der Waals surface area contributed by atoms with Gasteiger partial charge < -0.3 is 9.84 Å². The van der Waals surface area contributed by atoms with E-state index in [-0.39, 0.29) is 16.5 Å². The highest BCUT2D eigenvalue weighted by atomic mass is 35.5. The predicted octanol–water partition coefficient (Wildman–Crippen LogP) is 2.94. The number of benzene rings is 1. The average molecular weight is 300 g/mol. The molecule has 0 aliphatic carbocycles. The number of ether oxygens (including phenoxy) is 1. The van der Waals surface area contributed by atoms with Crippen molar-refractivity contribution in [3.63, 3.8) is 0 Å². The number of rotatable bonds is 5. The van der Waals surface area contributed by atoms with E-state index in [0.29, 0.717) is 0 Å². The quantitative estimate of drug-likeness (QED) is 0.670. The normalized spacial score (nSPS) is 13.1. The van der Waals surface area contributed by atoms with E-state index in [9.17, 15) is 23.3 Å². The van der Waals surface area contributed by atoms with E-state index < -0.39 is 30.2 Å². The molecule has 0 saturated heterocycles. The van der Waals surface area contributed by atoms with Gasteiger partial charge in [-0.3, -0.25) is 10.1 Å². The molecule has 0 fully saturated rings. The van der Waals surface area contributed by atoms with E-state index in [1.807, 2.05) is 0 Å². The van der Waals surface area contributed by atoms with Gasteiger partial charge in [0.05, 0.1) is 17.4 Å². The molecule has 5 nitrogen and oxygen atoms in total. The first kappa shape index (κ1) is 15.5. The molecule has 0 bridgehead atoms. The van der Waals surface area contributed by atoms with Crippen molar-refractivity contribution in [3.8, 4) is 5.75 Å². The predicted molar refractivity (Wildman–Crippen MR) is 60.3 cm³/mol. The third-order valence-corrected chi connectivity index (χ3v) is 2.33. The van der Waals surface area contributed by atoms with Crippen molar-refractivity contribution in [2.45, 2.75) is 18.7 Å². The zero-order chi connectivity index (χ0) is 14.6. The highest BCUT2D eigenvalue weighted by molar-refractivity contribution is 6.32. The standard InChI is InChI=1S/C10H9ClF3NO4/c11-8-3-7(1-2-9(8)15(17)18)19-5-6(16)4-10(12,13)14/h1-3,6,16H,4-5H2.